The number of likely N-dealkylation sites (N-methyl/N-ethyl adjacent to an activating group) is 1. The molecule has 1 heterocycles. The highest BCUT2D eigenvalue weighted by Crippen LogP contribution is 2.22. The lowest BCUT2D eigenvalue weighted by Crippen LogP contribution is -2.48. The SMILES string of the molecule is CN1CCB(C#N)CC1CN(C=O)c1ccc(CCC(=O)N(Cc2ccccc2)Cc2ccccc2)cc1. The smallest absolute Gasteiger partial charge is 0.270 e. The molecule has 0 radical (unpaired) electrons. The summed E-state index contributed by atoms with van der Waals surface area (Å²) in [5.74, 6) is 2.50. The van der Waals surface area contributed by atoms with E-state index < -0.39 is 0 Å². The number of hydrogen-bond donors (Lipinski definition) is 0. The zero-order valence-corrected chi connectivity index (χ0v) is 22.1. The Morgan fingerprint density at radius 1 is 0.974 bits per heavy atom. The molecule has 2 amide bonds. The molecule has 1 aliphatic heterocycles. The second kappa shape index (κ2) is 13.6. The topological polar surface area (TPSA) is 67.6 Å². The minimum absolute atomic E-state index is 0.0490. The Morgan fingerprint density at radius 2 is 1.58 bits per heavy atom. The van der Waals surface area contributed by atoms with E-state index in [1.807, 2.05) is 89.8 Å². The molecule has 0 aromatic heterocycles. The van der Waals surface area contributed by atoms with Crippen LogP contribution in [-0.2, 0) is 29.1 Å². The van der Waals surface area contributed by atoms with Crippen LogP contribution in [-0.4, -0.2) is 55.0 Å². The third-order valence-electron chi connectivity index (χ3n) is 7.41. The molecule has 3 aromatic rings. The van der Waals surface area contributed by atoms with Crippen LogP contribution in [0.25, 0.3) is 0 Å². The number of rotatable bonds is 11. The maximum atomic E-state index is 13.3. The zero-order chi connectivity index (χ0) is 26.7. The third kappa shape index (κ3) is 7.56. The molecule has 1 fully saturated rings. The van der Waals surface area contributed by atoms with Crippen LogP contribution >= 0.6 is 0 Å². The van der Waals surface area contributed by atoms with Gasteiger partial charge in [0.2, 0.25) is 12.3 Å². The lowest BCUT2D eigenvalue weighted by Gasteiger charge is -2.36. The molecule has 194 valence electrons. The van der Waals surface area contributed by atoms with Gasteiger partial charge in [-0.1, -0.05) is 72.8 Å². The standard InChI is InChI=1S/C31H35BN4O2/c1-34-19-18-32(24-33)20-30(34)23-36(25-37)29-15-12-26(13-16-29)14-17-31(38)35(21-27-8-4-2-5-9-27)22-28-10-6-3-7-11-28/h2-13,15-16,25,30H,14,17-23H2,1H3. The van der Waals surface area contributed by atoms with E-state index in [2.05, 4.69) is 17.9 Å². The highest BCUT2D eigenvalue weighted by Gasteiger charge is 2.30. The van der Waals surface area contributed by atoms with Gasteiger partial charge in [0.05, 0.1) is 0 Å². The second-order valence-corrected chi connectivity index (χ2v) is 10.1. The summed E-state index contributed by atoms with van der Waals surface area (Å²) in [5.41, 5.74) is 4.11. The van der Waals surface area contributed by atoms with Gasteiger partial charge in [-0.05, 0) is 61.5 Å². The van der Waals surface area contributed by atoms with E-state index in [9.17, 15) is 14.9 Å². The van der Waals surface area contributed by atoms with Crippen molar-refractivity contribution >= 4 is 24.7 Å². The van der Waals surface area contributed by atoms with Gasteiger partial charge >= 0.3 is 0 Å². The van der Waals surface area contributed by atoms with E-state index >= 15 is 0 Å². The molecule has 0 bridgehead atoms. The fraction of sp³-hybridized carbons (Fsp3) is 0.323. The molecular formula is C31H35BN4O2. The van der Waals surface area contributed by atoms with Gasteiger partial charge < -0.3 is 14.7 Å². The van der Waals surface area contributed by atoms with E-state index in [0.29, 0.717) is 32.5 Å². The lowest BCUT2D eigenvalue weighted by atomic mass is 9.43. The number of nitriles is 1. The lowest BCUT2D eigenvalue weighted by molar-refractivity contribution is -0.132. The number of nitrogens with zero attached hydrogens (tertiary/aromatic N) is 4. The number of carbonyl (C=O) groups is 2. The van der Waals surface area contributed by atoms with Crippen LogP contribution in [0.15, 0.2) is 84.9 Å². The number of aryl methyl sites for hydroxylation is 1. The zero-order valence-electron chi connectivity index (χ0n) is 22.1. The first-order chi connectivity index (χ1) is 18.6. The van der Waals surface area contributed by atoms with Crippen molar-refractivity contribution in [3.63, 3.8) is 0 Å². The number of benzene rings is 3. The molecule has 38 heavy (non-hydrogen) atoms. The molecule has 7 heteroatoms. The van der Waals surface area contributed by atoms with Gasteiger partial charge in [0.1, 0.15) is 0 Å². The molecule has 0 aliphatic carbocycles. The van der Waals surface area contributed by atoms with Crippen molar-refractivity contribution in [2.24, 2.45) is 0 Å². The summed E-state index contributed by atoms with van der Waals surface area (Å²) in [7, 11) is 2.06. The monoisotopic (exact) mass is 506 g/mol. The predicted molar refractivity (Wildman–Crippen MR) is 153 cm³/mol. The van der Waals surface area contributed by atoms with Gasteiger partial charge in [0, 0.05) is 43.8 Å². The van der Waals surface area contributed by atoms with E-state index in [1.165, 1.54) is 0 Å². The Hall–Kier alpha value is -3.89. The molecule has 0 saturated carbocycles. The summed E-state index contributed by atoms with van der Waals surface area (Å²) in [5, 5.41) is 9.33. The summed E-state index contributed by atoms with van der Waals surface area (Å²) in [4.78, 5) is 31.1. The van der Waals surface area contributed by atoms with Gasteiger partial charge in [0.15, 0.2) is 0 Å². The van der Waals surface area contributed by atoms with Gasteiger partial charge in [-0.3, -0.25) is 9.59 Å². The largest absolute Gasteiger partial charge is 0.334 e. The van der Waals surface area contributed by atoms with Crippen molar-refractivity contribution in [2.45, 2.75) is 44.6 Å². The van der Waals surface area contributed by atoms with Crippen LogP contribution in [0.5, 0.6) is 0 Å². The Morgan fingerprint density at radius 3 is 2.13 bits per heavy atom. The first kappa shape index (κ1) is 27.2. The number of amides is 2. The quantitative estimate of drug-likeness (QED) is 0.280. The van der Waals surface area contributed by atoms with Crippen molar-refractivity contribution in [2.75, 3.05) is 25.0 Å². The molecule has 0 spiro atoms. The summed E-state index contributed by atoms with van der Waals surface area (Å²) in [6.07, 6.45) is 3.58. The summed E-state index contributed by atoms with van der Waals surface area (Å²) < 4.78 is 0. The first-order valence-corrected chi connectivity index (χ1v) is 13.3. The molecule has 6 nitrogen and oxygen atoms in total. The summed E-state index contributed by atoms with van der Waals surface area (Å²) >= 11 is 0. The van der Waals surface area contributed by atoms with Crippen molar-refractivity contribution in [1.82, 2.24) is 9.80 Å². The average Bonchev–Trinajstić information content (AvgIpc) is 2.96. The number of hydrogen-bond acceptors (Lipinski definition) is 4. The highest BCUT2D eigenvalue weighted by atomic mass is 16.2. The Bertz CT molecular complexity index is 1170. The van der Waals surface area contributed by atoms with Crippen molar-refractivity contribution in [3.05, 3.63) is 102 Å². The Labute approximate surface area is 226 Å². The van der Waals surface area contributed by atoms with E-state index in [4.69, 9.17) is 0 Å². The third-order valence-corrected chi connectivity index (χ3v) is 7.41. The van der Waals surface area contributed by atoms with Gasteiger partial charge in [-0.15, -0.1) is 0 Å². The van der Waals surface area contributed by atoms with Crippen molar-refractivity contribution < 1.29 is 9.59 Å². The van der Waals surface area contributed by atoms with E-state index in [1.54, 1.807) is 4.90 Å². The van der Waals surface area contributed by atoms with Crippen molar-refractivity contribution in [1.29, 1.82) is 5.26 Å². The molecule has 3 aromatic carbocycles. The number of anilines is 1. The van der Waals surface area contributed by atoms with Crippen LogP contribution in [0.3, 0.4) is 0 Å². The molecule has 1 saturated heterocycles. The average molecular weight is 506 g/mol. The van der Waals surface area contributed by atoms with Crippen LogP contribution in [0.4, 0.5) is 5.69 Å². The maximum absolute atomic E-state index is 13.3. The minimum atomic E-state index is 0.0490. The fourth-order valence-corrected chi connectivity index (χ4v) is 5.04. The van der Waals surface area contributed by atoms with Crippen molar-refractivity contribution in [3.8, 4) is 5.97 Å². The van der Waals surface area contributed by atoms with Gasteiger partial charge in [-0.25, -0.2) is 5.26 Å². The predicted octanol–water partition coefficient (Wildman–Crippen LogP) is 4.68. The van der Waals surface area contributed by atoms with Gasteiger partial charge in [0.25, 0.3) is 6.71 Å². The summed E-state index contributed by atoms with van der Waals surface area (Å²) in [6.45, 7) is 2.62. The van der Waals surface area contributed by atoms with Crippen LogP contribution < -0.4 is 4.90 Å². The van der Waals surface area contributed by atoms with Crippen LogP contribution in [0, 0.1) is 11.2 Å². The van der Waals surface area contributed by atoms with E-state index in [-0.39, 0.29) is 18.7 Å². The van der Waals surface area contributed by atoms with Crippen LogP contribution in [0.2, 0.25) is 12.6 Å². The molecule has 4 rings (SSSR count). The van der Waals surface area contributed by atoms with E-state index in [0.717, 1.165) is 48.0 Å². The minimum Gasteiger partial charge on any atom is -0.334 e. The first-order valence-electron chi connectivity index (χ1n) is 13.3. The molecule has 1 aliphatic rings. The molecular weight excluding hydrogens is 471 g/mol. The number of carbonyl (C=O) groups excluding carboxylic acids is 2. The fourth-order valence-electron chi connectivity index (χ4n) is 5.04. The Balaban J connectivity index is 1.36. The summed E-state index contributed by atoms with van der Waals surface area (Å²) in [6, 6.07) is 28.2. The maximum Gasteiger partial charge on any atom is 0.270 e. The molecule has 1 unspecified atom stereocenters. The van der Waals surface area contributed by atoms with Crippen LogP contribution in [0.1, 0.15) is 23.1 Å². The second-order valence-electron chi connectivity index (χ2n) is 10.1. The van der Waals surface area contributed by atoms with Gasteiger partial charge in [-0.2, -0.15) is 0 Å². The molecule has 0 N–H and O–H groups in total. The normalized spacial score (nSPS) is 15.5. The highest BCUT2D eigenvalue weighted by molar-refractivity contribution is 6.67. The molecule has 1 atom stereocenters. The Kier molecular flexibility index (Phi) is 9.72.